The van der Waals surface area contributed by atoms with Crippen LogP contribution in [-0.2, 0) is 4.79 Å². The lowest BCUT2D eigenvalue weighted by atomic mass is 9.86. The SMILES string of the molecule is CC1CCCC(N2CCC(C)(C(=O)O)C2)C1. The summed E-state index contributed by atoms with van der Waals surface area (Å²) in [5.74, 6) is 0.189. The molecule has 2 rings (SSSR count). The van der Waals surface area contributed by atoms with Crippen molar-refractivity contribution >= 4 is 5.97 Å². The minimum absolute atomic E-state index is 0.499. The molecule has 0 bridgehead atoms. The standard InChI is InChI=1S/C13H23NO2/c1-10-4-3-5-11(8-10)14-7-6-13(2,9-14)12(15)16/h10-11H,3-9H2,1-2H3,(H,15,16). The van der Waals surface area contributed by atoms with E-state index in [2.05, 4.69) is 11.8 Å². The molecule has 0 radical (unpaired) electrons. The maximum absolute atomic E-state index is 11.2. The van der Waals surface area contributed by atoms with Crippen molar-refractivity contribution in [2.75, 3.05) is 13.1 Å². The third-order valence-corrected chi connectivity index (χ3v) is 4.44. The Balaban J connectivity index is 1.95. The van der Waals surface area contributed by atoms with E-state index >= 15 is 0 Å². The molecule has 0 amide bonds. The van der Waals surface area contributed by atoms with Crippen molar-refractivity contribution in [1.82, 2.24) is 4.90 Å². The van der Waals surface area contributed by atoms with Gasteiger partial charge in [0.2, 0.25) is 0 Å². The molecular formula is C13H23NO2. The van der Waals surface area contributed by atoms with Gasteiger partial charge in [-0.3, -0.25) is 9.69 Å². The highest BCUT2D eigenvalue weighted by Crippen LogP contribution is 2.36. The normalized spacial score (nSPS) is 41.1. The maximum Gasteiger partial charge on any atom is 0.310 e. The van der Waals surface area contributed by atoms with Gasteiger partial charge in [-0.05, 0) is 38.6 Å². The highest BCUT2D eigenvalue weighted by Gasteiger charge is 2.42. The molecule has 3 nitrogen and oxygen atoms in total. The first kappa shape index (κ1) is 11.9. The maximum atomic E-state index is 11.2. The largest absolute Gasteiger partial charge is 0.481 e. The molecule has 0 spiro atoms. The minimum Gasteiger partial charge on any atom is -0.481 e. The fourth-order valence-electron chi connectivity index (χ4n) is 3.22. The Labute approximate surface area is 97.8 Å². The molecule has 1 saturated heterocycles. The molecule has 3 unspecified atom stereocenters. The molecule has 1 saturated carbocycles. The number of carboxylic acid groups (broad SMARTS) is 1. The summed E-state index contributed by atoms with van der Waals surface area (Å²) in [6.07, 6.45) is 6.00. The average molecular weight is 225 g/mol. The Morgan fingerprint density at radius 1 is 1.44 bits per heavy atom. The van der Waals surface area contributed by atoms with Gasteiger partial charge in [-0.15, -0.1) is 0 Å². The first-order valence-corrected chi connectivity index (χ1v) is 6.49. The second-order valence-electron chi connectivity index (χ2n) is 6.01. The number of carbonyl (C=O) groups is 1. The fraction of sp³-hybridized carbons (Fsp3) is 0.923. The van der Waals surface area contributed by atoms with Gasteiger partial charge in [-0.1, -0.05) is 19.8 Å². The van der Waals surface area contributed by atoms with Crippen molar-refractivity contribution in [2.24, 2.45) is 11.3 Å². The molecule has 16 heavy (non-hydrogen) atoms. The predicted octanol–water partition coefficient (Wildman–Crippen LogP) is 2.36. The molecule has 1 heterocycles. The lowest BCUT2D eigenvalue weighted by Crippen LogP contribution is -2.39. The van der Waals surface area contributed by atoms with E-state index in [1.807, 2.05) is 6.92 Å². The highest BCUT2D eigenvalue weighted by molar-refractivity contribution is 5.74. The number of nitrogens with zero attached hydrogens (tertiary/aromatic N) is 1. The quantitative estimate of drug-likeness (QED) is 0.784. The second kappa shape index (κ2) is 4.36. The zero-order chi connectivity index (χ0) is 11.8. The number of likely N-dealkylation sites (tertiary alicyclic amines) is 1. The first-order valence-electron chi connectivity index (χ1n) is 6.49. The third kappa shape index (κ3) is 2.24. The monoisotopic (exact) mass is 225 g/mol. The van der Waals surface area contributed by atoms with Gasteiger partial charge in [0.05, 0.1) is 5.41 Å². The smallest absolute Gasteiger partial charge is 0.310 e. The molecule has 1 aliphatic heterocycles. The van der Waals surface area contributed by atoms with E-state index in [0.29, 0.717) is 6.04 Å². The average Bonchev–Trinajstić information content (AvgIpc) is 2.62. The molecule has 92 valence electrons. The number of aliphatic carboxylic acids is 1. The van der Waals surface area contributed by atoms with Gasteiger partial charge < -0.3 is 5.11 Å². The van der Waals surface area contributed by atoms with Crippen LogP contribution in [0.4, 0.5) is 0 Å². The summed E-state index contributed by atoms with van der Waals surface area (Å²) in [6, 6.07) is 0.643. The Hall–Kier alpha value is -0.570. The summed E-state index contributed by atoms with van der Waals surface area (Å²) in [5, 5.41) is 9.21. The molecule has 0 aromatic carbocycles. The number of rotatable bonds is 2. The summed E-state index contributed by atoms with van der Waals surface area (Å²) < 4.78 is 0. The molecule has 1 aliphatic carbocycles. The van der Waals surface area contributed by atoms with E-state index in [1.165, 1.54) is 25.7 Å². The van der Waals surface area contributed by atoms with Crippen LogP contribution >= 0.6 is 0 Å². The number of hydrogen-bond donors (Lipinski definition) is 1. The van der Waals surface area contributed by atoms with Gasteiger partial charge in [-0.2, -0.15) is 0 Å². The van der Waals surface area contributed by atoms with Gasteiger partial charge in [0, 0.05) is 12.6 Å². The van der Waals surface area contributed by atoms with Gasteiger partial charge in [0.25, 0.3) is 0 Å². The molecule has 2 aliphatic rings. The van der Waals surface area contributed by atoms with Crippen LogP contribution in [-0.4, -0.2) is 35.1 Å². The second-order valence-corrected chi connectivity index (χ2v) is 6.01. The van der Waals surface area contributed by atoms with Crippen LogP contribution in [0.5, 0.6) is 0 Å². The Morgan fingerprint density at radius 3 is 2.75 bits per heavy atom. The van der Waals surface area contributed by atoms with E-state index in [4.69, 9.17) is 0 Å². The van der Waals surface area contributed by atoms with Crippen molar-refractivity contribution in [1.29, 1.82) is 0 Å². The van der Waals surface area contributed by atoms with Gasteiger partial charge in [0.1, 0.15) is 0 Å². The summed E-state index contributed by atoms with van der Waals surface area (Å²) in [7, 11) is 0. The van der Waals surface area contributed by atoms with Crippen LogP contribution in [0.3, 0.4) is 0 Å². The summed E-state index contributed by atoms with van der Waals surface area (Å²) in [4.78, 5) is 13.6. The van der Waals surface area contributed by atoms with Crippen LogP contribution in [0.1, 0.15) is 46.0 Å². The van der Waals surface area contributed by atoms with Crippen molar-refractivity contribution in [3.8, 4) is 0 Å². The Morgan fingerprint density at radius 2 is 2.19 bits per heavy atom. The Kier molecular flexibility index (Phi) is 3.24. The van der Waals surface area contributed by atoms with E-state index in [-0.39, 0.29) is 0 Å². The number of hydrogen-bond acceptors (Lipinski definition) is 2. The zero-order valence-corrected chi connectivity index (χ0v) is 10.4. The number of carboxylic acids is 1. The molecule has 2 fully saturated rings. The van der Waals surface area contributed by atoms with Gasteiger partial charge in [0.15, 0.2) is 0 Å². The van der Waals surface area contributed by atoms with E-state index < -0.39 is 11.4 Å². The molecule has 0 aromatic heterocycles. The van der Waals surface area contributed by atoms with Crippen LogP contribution < -0.4 is 0 Å². The van der Waals surface area contributed by atoms with Crippen LogP contribution in [0.2, 0.25) is 0 Å². The molecule has 1 N–H and O–H groups in total. The first-order chi connectivity index (χ1) is 7.51. The van der Waals surface area contributed by atoms with Crippen LogP contribution in [0.25, 0.3) is 0 Å². The predicted molar refractivity (Wildman–Crippen MR) is 63.4 cm³/mol. The zero-order valence-electron chi connectivity index (χ0n) is 10.4. The minimum atomic E-state index is -0.626. The van der Waals surface area contributed by atoms with Crippen molar-refractivity contribution in [3.63, 3.8) is 0 Å². The molecular weight excluding hydrogens is 202 g/mol. The Bertz CT molecular complexity index is 279. The summed E-state index contributed by atoms with van der Waals surface area (Å²) in [5.41, 5.74) is -0.499. The lowest BCUT2D eigenvalue weighted by Gasteiger charge is -2.34. The van der Waals surface area contributed by atoms with E-state index in [0.717, 1.165) is 25.4 Å². The third-order valence-electron chi connectivity index (χ3n) is 4.44. The van der Waals surface area contributed by atoms with Crippen LogP contribution in [0, 0.1) is 11.3 Å². The fourth-order valence-corrected chi connectivity index (χ4v) is 3.22. The van der Waals surface area contributed by atoms with E-state index in [1.54, 1.807) is 0 Å². The van der Waals surface area contributed by atoms with Crippen molar-refractivity contribution in [3.05, 3.63) is 0 Å². The molecule has 3 atom stereocenters. The summed E-state index contributed by atoms with van der Waals surface area (Å²) in [6.45, 7) is 5.93. The van der Waals surface area contributed by atoms with Crippen molar-refractivity contribution < 1.29 is 9.90 Å². The molecule has 3 heteroatoms. The molecule has 0 aromatic rings. The van der Waals surface area contributed by atoms with Crippen LogP contribution in [0.15, 0.2) is 0 Å². The van der Waals surface area contributed by atoms with Crippen molar-refractivity contribution in [2.45, 2.75) is 52.0 Å². The summed E-state index contributed by atoms with van der Waals surface area (Å²) >= 11 is 0. The topological polar surface area (TPSA) is 40.5 Å². The van der Waals surface area contributed by atoms with E-state index in [9.17, 15) is 9.90 Å². The van der Waals surface area contributed by atoms with Gasteiger partial charge in [-0.25, -0.2) is 0 Å². The lowest BCUT2D eigenvalue weighted by molar-refractivity contribution is -0.147. The highest BCUT2D eigenvalue weighted by atomic mass is 16.4. The van der Waals surface area contributed by atoms with Gasteiger partial charge >= 0.3 is 5.97 Å².